The van der Waals surface area contributed by atoms with Gasteiger partial charge in [0, 0.05) is 12.5 Å². The number of aliphatic hydroxyl groups excluding tert-OH is 1. The maximum Gasteiger partial charge on any atom is 0.163 e. The molecule has 2 heteroatoms. The number of ketones is 1. The predicted molar refractivity (Wildman–Crippen MR) is 43.3 cm³/mol. The lowest BCUT2D eigenvalue weighted by atomic mass is 9.95. The van der Waals surface area contributed by atoms with E-state index in [1.165, 1.54) is 6.08 Å². The van der Waals surface area contributed by atoms with Crippen LogP contribution in [-0.2, 0) is 4.79 Å². The van der Waals surface area contributed by atoms with Gasteiger partial charge in [-0.05, 0) is 11.5 Å². The zero-order chi connectivity index (χ0) is 8.43. The van der Waals surface area contributed by atoms with Gasteiger partial charge < -0.3 is 5.11 Å². The summed E-state index contributed by atoms with van der Waals surface area (Å²) in [5, 5.41) is 9.28. The number of rotatable bonds is 1. The highest BCUT2D eigenvalue weighted by Crippen LogP contribution is 2.21. The molecule has 1 aliphatic rings. The second-order valence-electron chi connectivity index (χ2n) is 3.01. The van der Waals surface area contributed by atoms with Gasteiger partial charge in [0.1, 0.15) is 5.76 Å². The van der Waals surface area contributed by atoms with Crippen molar-refractivity contribution >= 4 is 5.78 Å². The lowest BCUT2D eigenvalue weighted by Crippen LogP contribution is -2.06. The minimum Gasteiger partial charge on any atom is -0.508 e. The zero-order valence-electron chi connectivity index (χ0n) is 6.79. The van der Waals surface area contributed by atoms with Crippen LogP contribution in [0.3, 0.4) is 0 Å². The van der Waals surface area contributed by atoms with Crippen molar-refractivity contribution in [1.29, 1.82) is 0 Å². The monoisotopic (exact) mass is 152 g/mol. The first-order valence-corrected chi connectivity index (χ1v) is 3.75. The van der Waals surface area contributed by atoms with Gasteiger partial charge in [-0.3, -0.25) is 4.79 Å². The summed E-state index contributed by atoms with van der Waals surface area (Å²) in [5.41, 5.74) is 0.879. The molecule has 0 atom stereocenters. The second-order valence-corrected chi connectivity index (χ2v) is 3.01. The van der Waals surface area contributed by atoms with Crippen LogP contribution in [-0.4, -0.2) is 10.9 Å². The molecule has 0 radical (unpaired) electrons. The van der Waals surface area contributed by atoms with E-state index in [0.717, 1.165) is 5.57 Å². The molecule has 0 fully saturated rings. The van der Waals surface area contributed by atoms with Gasteiger partial charge in [-0.15, -0.1) is 0 Å². The summed E-state index contributed by atoms with van der Waals surface area (Å²) in [6.45, 7) is 3.98. The van der Waals surface area contributed by atoms with E-state index in [9.17, 15) is 9.90 Å². The lowest BCUT2D eigenvalue weighted by molar-refractivity contribution is -0.114. The van der Waals surface area contributed by atoms with Gasteiger partial charge >= 0.3 is 0 Å². The topological polar surface area (TPSA) is 37.3 Å². The first-order chi connectivity index (χ1) is 5.11. The molecule has 0 saturated carbocycles. The molecular formula is C9H12O2. The quantitative estimate of drug-likeness (QED) is 0.623. The average Bonchev–Trinajstić information content (AvgIpc) is 1.85. The Morgan fingerprint density at radius 2 is 2.18 bits per heavy atom. The molecule has 1 N–H and O–H groups in total. The smallest absolute Gasteiger partial charge is 0.163 e. The first kappa shape index (κ1) is 8.05. The highest BCUT2D eigenvalue weighted by molar-refractivity contribution is 5.93. The normalized spacial score (nSPS) is 18.3. The standard InChI is InChI=1S/C9H12O2/c1-6(2)8-4-3-7(10)5-9(8)11/h4-6,11H,3H2,1-2H3. The van der Waals surface area contributed by atoms with E-state index in [2.05, 4.69) is 0 Å². The van der Waals surface area contributed by atoms with Crippen LogP contribution < -0.4 is 0 Å². The average molecular weight is 152 g/mol. The molecule has 0 aromatic carbocycles. The molecule has 0 aromatic rings. The van der Waals surface area contributed by atoms with E-state index in [0.29, 0.717) is 12.3 Å². The van der Waals surface area contributed by atoms with Crippen LogP contribution in [0.4, 0.5) is 0 Å². The molecule has 2 nitrogen and oxygen atoms in total. The van der Waals surface area contributed by atoms with E-state index in [1.54, 1.807) is 6.08 Å². The molecule has 60 valence electrons. The maximum atomic E-state index is 10.8. The zero-order valence-corrected chi connectivity index (χ0v) is 6.79. The number of carbonyl (C=O) groups is 1. The summed E-state index contributed by atoms with van der Waals surface area (Å²) in [6, 6.07) is 0. The third-order valence-electron chi connectivity index (χ3n) is 1.74. The molecule has 0 aromatic heterocycles. The minimum atomic E-state index is -0.0214. The van der Waals surface area contributed by atoms with Crippen molar-refractivity contribution in [1.82, 2.24) is 0 Å². The fraction of sp³-hybridized carbons (Fsp3) is 0.444. The van der Waals surface area contributed by atoms with Crippen LogP contribution >= 0.6 is 0 Å². The van der Waals surface area contributed by atoms with Crippen LogP contribution in [0.25, 0.3) is 0 Å². The lowest BCUT2D eigenvalue weighted by Gasteiger charge is -2.13. The Hall–Kier alpha value is -1.05. The minimum absolute atomic E-state index is 0.0214. The Labute approximate surface area is 66.2 Å². The third-order valence-corrected chi connectivity index (χ3v) is 1.74. The van der Waals surface area contributed by atoms with E-state index >= 15 is 0 Å². The van der Waals surface area contributed by atoms with E-state index in [4.69, 9.17) is 0 Å². The molecule has 1 rings (SSSR count). The Morgan fingerprint density at radius 3 is 2.64 bits per heavy atom. The number of allylic oxidation sites excluding steroid dienone is 3. The van der Waals surface area contributed by atoms with Crippen molar-refractivity contribution in [2.24, 2.45) is 5.92 Å². The number of hydrogen-bond donors (Lipinski definition) is 1. The van der Waals surface area contributed by atoms with Gasteiger partial charge in [-0.25, -0.2) is 0 Å². The summed E-state index contributed by atoms with van der Waals surface area (Å²) in [5.74, 6) is 0.405. The predicted octanol–water partition coefficient (Wildman–Crippen LogP) is 1.98. The van der Waals surface area contributed by atoms with E-state index < -0.39 is 0 Å². The van der Waals surface area contributed by atoms with Gasteiger partial charge in [0.05, 0.1) is 0 Å². The molecule has 0 aliphatic heterocycles. The molecule has 11 heavy (non-hydrogen) atoms. The summed E-state index contributed by atoms with van der Waals surface area (Å²) < 4.78 is 0. The number of hydrogen-bond acceptors (Lipinski definition) is 2. The van der Waals surface area contributed by atoms with Gasteiger partial charge in [0.15, 0.2) is 5.78 Å². The summed E-state index contributed by atoms with van der Waals surface area (Å²) in [7, 11) is 0. The van der Waals surface area contributed by atoms with Crippen molar-refractivity contribution in [3.05, 3.63) is 23.5 Å². The second kappa shape index (κ2) is 2.91. The van der Waals surface area contributed by atoms with Gasteiger partial charge in [-0.1, -0.05) is 19.9 Å². The van der Waals surface area contributed by atoms with Crippen molar-refractivity contribution < 1.29 is 9.90 Å². The maximum absolute atomic E-state index is 10.8. The van der Waals surface area contributed by atoms with E-state index in [-0.39, 0.29) is 11.5 Å². The summed E-state index contributed by atoms with van der Waals surface area (Å²) in [6.07, 6.45) is 3.52. The molecule has 0 unspecified atom stereocenters. The van der Waals surface area contributed by atoms with Crippen LogP contribution in [0.5, 0.6) is 0 Å². The summed E-state index contributed by atoms with van der Waals surface area (Å²) in [4.78, 5) is 10.8. The largest absolute Gasteiger partial charge is 0.508 e. The molecular weight excluding hydrogens is 140 g/mol. The van der Waals surface area contributed by atoms with Crippen molar-refractivity contribution in [2.45, 2.75) is 20.3 Å². The van der Waals surface area contributed by atoms with Gasteiger partial charge in [-0.2, -0.15) is 0 Å². The first-order valence-electron chi connectivity index (χ1n) is 3.75. The molecule has 0 saturated heterocycles. The summed E-state index contributed by atoms with van der Waals surface area (Å²) >= 11 is 0. The molecule has 1 aliphatic carbocycles. The number of carbonyl (C=O) groups excluding carboxylic acids is 1. The highest BCUT2D eigenvalue weighted by Gasteiger charge is 2.14. The van der Waals surface area contributed by atoms with Crippen molar-refractivity contribution in [3.8, 4) is 0 Å². The van der Waals surface area contributed by atoms with Crippen molar-refractivity contribution in [3.63, 3.8) is 0 Å². The van der Waals surface area contributed by atoms with E-state index in [1.807, 2.05) is 13.8 Å². The SMILES string of the molecule is CC(C)C1=CCC(=O)C=C1O. The Kier molecular flexibility index (Phi) is 2.13. The van der Waals surface area contributed by atoms with Crippen LogP contribution in [0, 0.1) is 5.92 Å². The molecule has 0 spiro atoms. The Morgan fingerprint density at radius 1 is 1.55 bits per heavy atom. The Balaban J connectivity index is 2.85. The fourth-order valence-electron chi connectivity index (χ4n) is 1.14. The molecule has 0 bridgehead atoms. The highest BCUT2D eigenvalue weighted by atomic mass is 16.3. The van der Waals surface area contributed by atoms with Gasteiger partial charge in [0.2, 0.25) is 0 Å². The molecule has 0 heterocycles. The fourth-order valence-corrected chi connectivity index (χ4v) is 1.14. The van der Waals surface area contributed by atoms with Crippen LogP contribution in [0.2, 0.25) is 0 Å². The van der Waals surface area contributed by atoms with Crippen LogP contribution in [0.15, 0.2) is 23.5 Å². The molecule has 0 amide bonds. The van der Waals surface area contributed by atoms with Gasteiger partial charge in [0.25, 0.3) is 0 Å². The third kappa shape index (κ3) is 1.70. The van der Waals surface area contributed by atoms with Crippen LogP contribution in [0.1, 0.15) is 20.3 Å². The number of aliphatic hydroxyl groups is 1. The van der Waals surface area contributed by atoms with Crippen molar-refractivity contribution in [2.75, 3.05) is 0 Å². The Bertz CT molecular complexity index is 234.